The largest absolute Gasteiger partial charge is 0.434 e. The lowest BCUT2D eigenvalue weighted by Gasteiger charge is -1.96. The molecule has 0 saturated carbocycles. The van der Waals surface area contributed by atoms with E-state index in [4.69, 9.17) is 11.6 Å². The normalized spacial score (nSPS) is 9.91. The Morgan fingerprint density at radius 2 is 2.55 bits per heavy atom. The summed E-state index contributed by atoms with van der Waals surface area (Å²) in [5.41, 5.74) is 0. The number of aryl methyl sites for hydroxylation is 1. The maximum Gasteiger partial charge on any atom is 0.434 e. The van der Waals surface area contributed by atoms with Crippen molar-refractivity contribution < 1.29 is 4.92 Å². The minimum Gasteiger partial charge on any atom is -0.390 e. The third-order valence-corrected chi connectivity index (χ3v) is 1.35. The molecule has 0 atom stereocenters. The Balaban J connectivity index is 2.87. The average Bonchev–Trinajstić information content (AvgIpc) is 2.36. The fourth-order valence-corrected chi connectivity index (χ4v) is 0.921. The second-order valence-corrected chi connectivity index (χ2v) is 2.24. The summed E-state index contributed by atoms with van der Waals surface area (Å²) in [5, 5.41) is 10.2. The minimum absolute atomic E-state index is 0.161. The van der Waals surface area contributed by atoms with Crippen molar-refractivity contribution in [1.29, 1.82) is 0 Å². The molecular weight excluding hydrogens is 170 g/mol. The molecule has 1 aromatic heterocycles. The molecular formula is C5H6ClN3O2. The molecule has 0 unspecified atom stereocenters. The number of hydrogen-bond donors (Lipinski definition) is 0. The number of halogens is 1. The molecule has 0 aliphatic rings. The third-order valence-electron chi connectivity index (χ3n) is 1.18. The van der Waals surface area contributed by atoms with E-state index in [2.05, 4.69) is 4.98 Å². The molecule has 0 bridgehead atoms. The van der Waals surface area contributed by atoms with Crippen LogP contribution in [0.25, 0.3) is 0 Å². The lowest BCUT2D eigenvalue weighted by atomic mass is 10.7. The predicted octanol–water partition coefficient (Wildman–Crippen LogP) is 1.03. The van der Waals surface area contributed by atoms with Gasteiger partial charge in [-0.25, -0.2) is 4.57 Å². The van der Waals surface area contributed by atoms with E-state index in [-0.39, 0.29) is 5.95 Å². The summed E-state index contributed by atoms with van der Waals surface area (Å²) in [6, 6.07) is 0. The Morgan fingerprint density at radius 1 is 1.82 bits per heavy atom. The number of rotatable bonds is 3. The second-order valence-electron chi connectivity index (χ2n) is 1.87. The van der Waals surface area contributed by atoms with Gasteiger partial charge in [-0.3, -0.25) is 0 Å². The van der Waals surface area contributed by atoms with Crippen LogP contribution in [0.3, 0.4) is 0 Å². The Hall–Kier alpha value is -1.10. The predicted molar refractivity (Wildman–Crippen MR) is 39.6 cm³/mol. The van der Waals surface area contributed by atoms with E-state index >= 15 is 0 Å². The van der Waals surface area contributed by atoms with E-state index in [0.717, 1.165) is 0 Å². The molecule has 1 rings (SSSR count). The van der Waals surface area contributed by atoms with Gasteiger partial charge < -0.3 is 10.1 Å². The minimum atomic E-state index is -0.535. The van der Waals surface area contributed by atoms with Crippen LogP contribution in [0.15, 0.2) is 12.4 Å². The average molecular weight is 176 g/mol. The van der Waals surface area contributed by atoms with E-state index in [1.54, 1.807) is 0 Å². The fraction of sp³-hybridized carbons (Fsp3) is 0.400. The monoisotopic (exact) mass is 175 g/mol. The van der Waals surface area contributed by atoms with Crippen LogP contribution in [0.2, 0.25) is 0 Å². The molecule has 0 fully saturated rings. The zero-order valence-corrected chi connectivity index (χ0v) is 6.36. The maximum atomic E-state index is 10.2. The first-order chi connectivity index (χ1) is 5.25. The van der Waals surface area contributed by atoms with Crippen LogP contribution >= 0.6 is 11.6 Å². The smallest absolute Gasteiger partial charge is 0.390 e. The molecule has 0 N–H and O–H groups in total. The van der Waals surface area contributed by atoms with Crippen molar-refractivity contribution in [3.05, 3.63) is 22.5 Å². The zero-order valence-electron chi connectivity index (χ0n) is 5.61. The number of alkyl halides is 1. The fourth-order valence-electron chi connectivity index (χ4n) is 0.739. The van der Waals surface area contributed by atoms with E-state index in [1.165, 1.54) is 17.0 Å². The van der Waals surface area contributed by atoms with Crippen LogP contribution < -0.4 is 0 Å². The van der Waals surface area contributed by atoms with Gasteiger partial charge in [0.25, 0.3) is 0 Å². The molecule has 0 spiro atoms. The van der Waals surface area contributed by atoms with Gasteiger partial charge in [-0.2, -0.15) is 0 Å². The van der Waals surface area contributed by atoms with Gasteiger partial charge in [0.05, 0.1) is 12.4 Å². The van der Waals surface area contributed by atoms with E-state index in [9.17, 15) is 10.1 Å². The highest BCUT2D eigenvalue weighted by Crippen LogP contribution is 2.06. The summed E-state index contributed by atoms with van der Waals surface area (Å²) in [5.74, 6) is 0.183. The Morgan fingerprint density at radius 3 is 3.09 bits per heavy atom. The lowest BCUT2D eigenvalue weighted by Crippen LogP contribution is -2.03. The number of nitro groups is 1. The number of imidazole rings is 1. The van der Waals surface area contributed by atoms with Crippen LogP contribution in [0.1, 0.15) is 0 Å². The number of aromatic nitrogens is 2. The highest BCUT2D eigenvalue weighted by Gasteiger charge is 2.12. The molecule has 1 heterocycles. The van der Waals surface area contributed by atoms with Gasteiger partial charge in [-0.15, -0.1) is 11.6 Å². The summed E-state index contributed by atoms with van der Waals surface area (Å²) >= 11 is 5.40. The van der Waals surface area contributed by atoms with Crippen LogP contribution in [0.5, 0.6) is 0 Å². The molecule has 0 aromatic carbocycles. The van der Waals surface area contributed by atoms with Crippen molar-refractivity contribution in [2.75, 3.05) is 5.88 Å². The molecule has 6 heteroatoms. The van der Waals surface area contributed by atoms with Crippen LogP contribution in [0, 0.1) is 10.1 Å². The van der Waals surface area contributed by atoms with Crippen molar-refractivity contribution >= 4 is 17.5 Å². The molecule has 0 aliphatic carbocycles. The Labute approximate surface area is 67.8 Å². The third kappa shape index (κ3) is 1.68. The summed E-state index contributed by atoms with van der Waals surface area (Å²) in [6.45, 7) is 0.415. The van der Waals surface area contributed by atoms with Gasteiger partial charge >= 0.3 is 5.95 Å². The standard InChI is InChI=1S/C5H6ClN3O2/c6-1-3-8-4-2-7-5(8)9(10)11/h2,4H,1,3H2. The molecule has 0 aliphatic heterocycles. The van der Waals surface area contributed by atoms with Gasteiger partial charge in [0.15, 0.2) is 0 Å². The SMILES string of the molecule is O=[N+]([O-])c1nccn1CCCl. The summed E-state index contributed by atoms with van der Waals surface area (Å²) < 4.78 is 1.40. The van der Waals surface area contributed by atoms with Crippen molar-refractivity contribution in [2.24, 2.45) is 0 Å². The van der Waals surface area contributed by atoms with Gasteiger partial charge in [0, 0.05) is 0 Å². The van der Waals surface area contributed by atoms with Gasteiger partial charge in [-0.05, 0) is 4.92 Å². The number of nitrogens with zero attached hydrogens (tertiary/aromatic N) is 3. The lowest BCUT2D eigenvalue weighted by molar-refractivity contribution is -0.396. The first-order valence-corrected chi connectivity index (χ1v) is 3.50. The molecule has 5 nitrogen and oxygen atoms in total. The second kappa shape index (κ2) is 3.34. The summed E-state index contributed by atoms with van der Waals surface area (Å²) in [6.07, 6.45) is 2.91. The first kappa shape index (κ1) is 8.00. The highest BCUT2D eigenvalue weighted by molar-refractivity contribution is 6.17. The van der Waals surface area contributed by atoms with Gasteiger partial charge in [0.1, 0.15) is 12.4 Å². The van der Waals surface area contributed by atoms with Crippen LogP contribution in [0.4, 0.5) is 5.95 Å². The maximum absolute atomic E-state index is 10.2. The molecule has 1 aromatic rings. The molecule has 0 amide bonds. The molecule has 0 saturated heterocycles. The van der Waals surface area contributed by atoms with Crippen LogP contribution in [-0.2, 0) is 6.54 Å². The van der Waals surface area contributed by atoms with Crippen molar-refractivity contribution in [3.63, 3.8) is 0 Å². The first-order valence-electron chi connectivity index (χ1n) is 2.97. The molecule has 11 heavy (non-hydrogen) atoms. The van der Waals surface area contributed by atoms with E-state index < -0.39 is 4.92 Å². The molecule has 0 radical (unpaired) electrons. The van der Waals surface area contributed by atoms with Crippen LogP contribution in [-0.4, -0.2) is 20.4 Å². The Bertz CT molecular complexity index is 260. The van der Waals surface area contributed by atoms with Gasteiger partial charge in [-0.1, -0.05) is 4.98 Å². The van der Waals surface area contributed by atoms with E-state index in [1.807, 2.05) is 0 Å². The zero-order chi connectivity index (χ0) is 8.27. The van der Waals surface area contributed by atoms with Gasteiger partial charge in [0.2, 0.25) is 0 Å². The Kier molecular flexibility index (Phi) is 2.43. The molecule has 60 valence electrons. The van der Waals surface area contributed by atoms with Crippen molar-refractivity contribution in [2.45, 2.75) is 6.54 Å². The quantitative estimate of drug-likeness (QED) is 0.392. The van der Waals surface area contributed by atoms with Crippen molar-refractivity contribution in [1.82, 2.24) is 9.55 Å². The highest BCUT2D eigenvalue weighted by atomic mass is 35.5. The van der Waals surface area contributed by atoms with E-state index in [0.29, 0.717) is 12.4 Å². The summed E-state index contributed by atoms with van der Waals surface area (Å²) in [7, 11) is 0. The number of hydrogen-bond acceptors (Lipinski definition) is 3. The van der Waals surface area contributed by atoms with Crippen molar-refractivity contribution in [3.8, 4) is 0 Å². The topological polar surface area (TPSA) is 61.0 Å². The summed E-state index contributed by atoms with van der Waals surface area (Å²) in [4.78, 5) is 13.2.